The summed E-state index contributed by atoms with van der Waals surface area (Å²) in [4.78, 5) is 22.1. The van der Waals surface area contributed by atoms with Crippen molar-refractivity contribution in [1.82, 2.24) is 14.6 Å². The lowest BCUT2D eigenvalue weighted by Gasteiger charge is -2.25. The highest BCUT2D eigenvalue weighted by Crippen LogP contribution is 2.29. The van der Waals surface area contributed by atoms with Crippen molar-refractivity contribution in [3.05, 3.63) is 102 Å². The second-order valence-electron chi connectivity index (χ2n) is 8.22. The fourth-order valence-corrected chi connectivity index (χ4v) is 3.94. The van der Waals surface area contributed by atoms with Gasteiger partial charge in [-0.15, -0.1) is 0 Å². The summed E-state index contributed by atoms with van der Waals surface area (Å²) in [6.07, 6.45) is -1.96. The first kappa shape index (κ1) is 22.4. The molecule has 9 heteroatoms. The first-order valence-electron chi connectivity index (χ1n) is 10.8. The Labute approximate surface area is 198 Å². The van der Waals surface area contributed by atoms with Gasteiger partial charge in [-0.25, -0.2) is 9.99 Å². The van der Waals surface area contributed by atoms with E-state index >= 15 is 0 Å². The molecular weight excluding hydrogens is 455 g/mol. The second-order valence-corrected chi connectivity index (χ2v) is 8.22. The molecule has 0 bridgehead atoms. The van der Waals surface area contributed by atoms with E-state index in [0.717, 1.165) is 34.1 Å². The highest BCUT2D eigenvalue weighted by molar-refractivity contribution is 6.04. The van der Waals surface area contributed by atoms with Gasteiger partial charge in [0.1, 0.15) is 5.82 Å². The van der Waals surface area contributed by atoms with Crippen LogP contribution in [-0.2, 0) is 12.7 Å². The van der Waals surface area contributed by atoms with Crippen molar-refractivity contribution in [3.8, 4) is 0 Å². The van der Waals surface area contributed by atoms with Gasteiger partial charge in [0.15, 0.2) is 0 Å². The minimum absolute atomic E-state index is 0.0350. The summed E-state index contributed by atoms with van der Waals surface area (Å²) in [5.74, 6) is 0.0785. The number of rotatable bonds is 4. The van der Waals surface area contributed by atoms with Gasteiger partial charge in [0.2, 0.25) is 0 Å². The Morgan fingerprint density at radius 1 is 1.03 bits per heavy atom. The van der Waals surface area contributed by atoms with Crippen molar-refractivity contribution >= 4 is 33.5 Å². The number of para-hydroxylation sites is 1. The molecule has 2 aromatic carbocycles. The number of aryl methyl sites for hydroxylation is 1. The van der Waals surface area contributed by atoms with Gasteiger partial charge >= 0.3 is 6.18 Å². The Morgan fingerprint density at radius 3 is 2.57 bits per heavy atom. The smallest absolute Gasteiger partial charge is 0.383 e. The summed E-state index contributed by atoms with van der Waals surface area (Å²) in [6.45, 7) is 1.80. The van der Waals surface area contributed by atoms with E-state index in [1.807, 2.05) is 43.3 Å². The van der Waals surface area contributed by atoms with E-state index in [4.69, 9.17) is 5.73 Å². The van der Waals surface area contributed by atoms with Crippen molar-refractivity contribution in [2.75, 3.05) is 10.7 Å². The minimum atomic E-state index is -4.49. The maximum Gasteiger partial charge on any atom is 0.417 e. The van der Waals surface area contributed by atoms with Gasteiger partial charge in [-0.3, -0.25) is 14.5 Å². The number of hydrogen-bond acceptors (Lipinski definition) is 4. The van der Waals surface area contributed by atoms with Crippen molar-refractivity contribution in [2.24, 2.45) is 0 Å². The fraction of sp³-hybridized carbons (Fsp3) is 0.115. The topological polar surface area (TPSA) is 77.0 Å². The molecule has 2 N–H and O–H groups in total. The molecule has 0 spiro atoms. The van der Waals surface area contributed by atoms with Crippen LogP contribution in [0.5, 0.6) is 0 Å². The molecule has 0 unspecified atom stereocenters. The van der Waals surface area contributed by atoms with Crippen LogP contribution in [0.4, 0.5) is 19.0 Å². The molecule has 0 saturated heterocycles. The average Bonchev–Trinajstić information content (AvgIpc) is 3.26. The number of carbonyl (C=O) groups is 1. The largest absolute Gasteiger partial charge is 0.417 e. The zero-order chi connectivity index (χ0) is 24.7. The van der Waals surface area contributed by atoms with Crippen LogP contribution < -0.4 is 10.7 Å². The first-order chi connectivity index (χ1) is 16.7. The number of halogens is 3. The van der Waals surface area contributed by atoms with Gasteiger partial charge < -0.3 is 5.73 Å². The van der Waals surface area contributed by atoms with Crippen LogP contribution in [0.3, 0.4) is 0 Å². The molecule has 0 radical (unpaired) electrons. The molecule has 0 saturated carbocycles. The van der Waals surface area contributed by atoms with Crippen LogP contribution in [0.25, 0.3) is 21.8 Å². The Morgan fingerprint density at radius 2 is 1.83 bits per heavy atom. The summed E-state index contributed by atoms with van der Waals surface area (Å²) < 4.78 is 40.7. The number of hydrogen-bond donors (Lipinski definition) is 1. The van der Waals surface area contributed by atoms with E-state index in [-0.39, 0.29) is 12.5 Å². The molecular formula is C26H20F3N5O. The molecule has 0 aliphatic carbocycles. The lowest BCUT2D eigenvalue weighted by Crippen LogP contribution is -2.39. The van der Waals surface area contributed by atoms with Gasteiger partial charge in [-0.05, 0) is 61.0 Å². The summed E-state index contributed by atoms with van der Waals surface area (Å²) in [5, 5.41) is 3.13. The van der Waals surface area contributed by atoms with Gasteiger partial charge in [0.05, 0.1) is 28.8 Å². The zero-order valence-electron chi connectivity index (χ0n) is 18.6. The van der Waals surface area contributed by atoms with Crippen LogP contribution in [-0.4, -0.2) is 20.6 Å². The summed E-state index contributed by atoms with van der Waals surface area (Å²) >= 11 is 0. The van der Waals surface area contributed by atoms with E-state index in [2.05, 4.69) is 9.97 Å². The lowest BCUT2D eigenvalue weighted by atomic mass is 10.1. The molecule has 1 amide bonds. The van der Waals surface area contributed by atoms with E-state index < -0.39 is 11.7 Å². The number of pyridine rings is 2. The highest BCUT2D eigenvalue weighted by atomic mass is 19.4. The van der Waals surface area contributed by atoms with Crippen LogP contribution in [0, 0.1) is 6.92 Å². The molecule has 0 aliphatic heterocycles. The van der Waals surface area contributed by atoms with Crippen LogP contribution in [0.2, 0.25) is 0 Å². The molecule has 0 atom stereocenters. The molecule has 3 heterocycles. The van der Waals surface area contributed by atoms with Crippen molar-refractivity contribution in [3.63, 3.8) is 0 Å². The predicted molar refractivity (Wildman–Crippen MR) is 128 cm³/mol. The number of alkyl halides is 3. The van der Waals surface area contributed by atoms with Gasteiger partial charge in [-0.1, -0.05) is 18.2 Å². The first-order valence-corrected chi connectivity index (χ1v) is 10.8. The van der Waals surface area contributed by atoms with Crippen LogP contribution in [0.15, 0.2) is 79.1 Å². The number of amides is 1. The van der Waals surface area contributed by atoms with E-state index in [1.54, 1.807) is 29.1 Å². The number of nitrogens with two attached hydrogens (primary N) is 1. The number of carbonyl (C=O) groups excluding carboxylic acids is 1. The summed E-state index contributed by atoms with van der Waals surface area (Å²) in [7, 11) is 0. The zero-order valence-corrected chi connectivity index (χ0v) is 18.6. The molecule has 5 aromatic rings. The van der Waals surface area contributed by atoms with E-state index in [0.29, 0.717) is 22.6 Å². The van der Waals surface area contributed by atoms with Crippen molar-refractivity contribution < 1.29 is 18.0 Å². The second kappa shape index (κ2) is 8.43. The normalized spacial score (nSPS) is 11.8. The minimum Gasteiger partial charge on any atom is -0.383 e. The molecule has 176 valence electrons. The Kier molecular flexibility index (Phi) is 5.39. The summed E-state index contributed by atoms with van der Waals surface area (Å²) in [5.41, 5.74) is 8.00. The SMILES string of the molecule is Cc1cc2cc(C(=O)N(Cc3ccc(C(F)(F)F)cn3)n3ccc4ccccc43)ccc2nc1N. The maximum atomic E-state index is 13.8. The van der Waals surface area contributed by atoms with Gasteiger partial charge in [0, 0.05) is 28.7 Å². The third-order valence-corrected chi connectivity index (χ3v) is 5.83. The highest BCUT2D eigenvalue weighted by Gasteiger charge is 2.31. The number of aromatic nitrogens is 3. The number of nitrogen functional groups attached to an aromatic ring is 1. The standard InChI is InChI=1S/C26H20F3N5O/c1-16-12-19-13-18(6-9-22(19)32-24(16)30)25(35)34(33-11-10-17-4-2-3-5-23(17)33)15-21-8-7-20(14-31-21)26(27,28)29/h2-14H,15H2,1H3,(H2,30,32). The van der Waals surface area contributed by atoms with E-state index in [1.165, 1.54) is 11.1 Å². The van der Waals surface area contributed by atoms with Gasteiger partial charge in [0.25, 0.3) is 5.91 Å². The van der Waals surface area contributed by atoms with E-state index in [9.17, 15) is 18.0 Å². The van der Waals surface area contributed by atoms with Gasteiger partial charge in [-0.2, -0.15) is 13.2 Å². The molecule has 35 heavy (non-hydrogen) atoms. The molecule has 5 rings (SSSR count). The van der Waals surface area contributed by atoms with Crippen LogP contribution in [0.1, 0.15) is 27.2 Å². The Bertz CT molecular complexity index is 1560. The fourth-order valence-electron chi connectivity index (χ4n) is 3.94. The average molecular weight is 475 g/mol. The molecule has 0 fully saturated rings. The predicted octanol–water partition coefficient (Wildman–Crippen LogP) is 5.47. The third kappa shape index (κ3) is 4.28. The number of benzene rings is 2. The lowest BCUT2D eigenvalue weighted by molar-refractivity contribution is -0.137. The molecule has 0 aliphatic rings. The quantitative estimate of drug-likeness (QED) is 0.374. The van der Waals surface area contributed by atoms with Crippen molar-refractivity contribution in [1.29, 1.82) is 0 Å². The van der Waals surface area contributed by atoms with Crippen molar-refractivity contribution in [2.45, 2.75) is 19.6 Å². The third-order valence-electron chi connectivity index (χ3n) is 5.83. The molecule has 6 nitrogen and oxygen atoms in total. The maximum absolute atomic E-state index is 13.8. The Hall–Kier alpha value is -4.40. The summed E-state index contributed by atoms with van der Waals surface area (Å²) in [6, 6.07) is 18.6. The van der Waals surface area contributed by atoms with Crippen LogP contribution >= 0.6 is 0 Å². The monoisotopic (exact) mass is 475 g/mol. The number of nitrogens with zero attached hydrogens (tertiary/aromatic N) is 4. The number of fused-ring (bicyclic) bond motifs is 2. The number of anilines is 1. The molecule has 3 aromatic heterocycles. The Balaban J connectivity index is 1.57.